The van der Waals surface area contributed by atoms with Gasteiger partial charge in [-0.1, -0.05) is 0 Å². The number of carbonyl (C=O) groups excluding carboxylic acids is 1. The predicted molar refractivity (Wildman–Crippen MR) is 99.0 cm³/mol. The van der Waals surface area contributed by atoms with Crippen LogP contribution in [0.5, 0.6) is 0 Å². The monoisotopic (exact) mass is 353 g/mol. The van der Waals surface area contributed by atoms with Crippen molar-refractivity contribution in [3.05, 3.63) is 48.3 Å². The third-order valence-electron chi connectivity index (χ3n) is 6.06. The van der Waals surface area contributed by atoms with Gasteiger partial charge in [-0.2, -0.15) is 0 Å². The number of amides is 1. The lowest BCUT2D eigenvalue weighted by Gasteiger charge is -2.27. The van der Waals surface area contributed by atoms with E-state index < -0.39 is 0 Å². The van der Waals surface area contributed by atoms with Crippen LogP contribution in [0.2, 0.25) is 0 Å². The van der Waals surface area contributed by atoms with E-state index in [1.165, 1.54) is 5.69 Å². The Kier molecular flexibility index (Phi) is 4.76. The molecule has 0 aromatic carbocycles. The number of hydrogen-bond donors (Lipinski definition) is 0. The number of rotatable bonds is 4. The quantitative estimate of drug-likeness (QED) is 0.846. The maximum atomic E-state index is 13.2. The van der Waals surface area contributed by atoms with Gasteiger partial charge in [-0.3, -0.25) is 14.7 Å². The summed E-state index contributed by atoms with van der Waals surface area (Å²) in [5.41, 5.74) is 2.25. The molecule has 0 N–H and O–H groups in total. The van der Waals surface area contributed by atoms with Gasteiger partial charge in [0.15, 0.2) is 0 Å². The summed E-state index contributed by atoms with van der Waals surface area (Å²) >= 11 is 0. The number of hydrogen-bond acceptors (Lipinski definition) is 4. The molecule has 2 fully saturated rings. The number of likely N-dealkylation sites (tertiary alicyclic amines) is 2. The average molecular weight is 353 g/mol. The highest BCUT2D eigenvalue weighted by Gasteiger charge is 2.46. The van der Waals surface area contributed by atoms with Gasteiger partial charge in [0.05, 0.1) is 17.4 Å². The molecule has 6 heteroatoms. The molecule has 26 heavy (non-hydrogen) atoms. The van der Waals surface area contributed by atoms with Crippen molar-refractivity contribution in [3.8, 4) is 0 Å². The van der Waals surface area contributed by atoms with E-state index in [4.69, 9.17) is 0 Å². The summed E-state index contributed by atoms with van der Waals surface area (Å²) in [6, 6.07) is 4.00. The molecule has 138 valence electrons. The lowest BCUT2D eigenvalue weighted by Crippen LogP contribution is -2.35. The van der Waals surface area contributed by atoms with E-state index in [9.17, 15) is 4.79 Å². The molecular formula is C20H27N5O. The minimum atomic E-state index is -0.145. The van der Waals surface area contributed by atoms with Crippen molar-refractivity contribution in [1.82, 2.24) is 24.3 Å². The Labute approximate surface area is 154 Å². The first-order chi connectivity index (χ1) is 12.7. The summed E-state index contributed by atoms with van der Waals surface area (Å²) in [5, 5.41) is 0. The van der Waals surface area contributed by atoms with Crippen LogP contribution in [-0.4, -0.2) is 49.9 Å². The van der Waals surface area contributed by atoms with Gasteiger partial charge >= 0.3 is 0 Å². The van der Waals surface area contributed by atoms with Crippen molar-refractivity contribution < 1.29 is 4.79 Å². The summed E-state index contributed by atoms with van der Waals surface area (Å²) in [4.78, 5) is 26.0. The lowest BCUT2D eigenvalue weighted by molar-refractivity contribution is -0.137. The second kappa shape index (κ2) is 7.19. The van der Waals surface area contributed by atoms with E-state index in [0.717, 1.165) is 57.4 Å². The number of nitrogens with zero attached hydrogens (tertiary/aromatic N) is 5. The summed E-state index contributed by atoms with van der Waals surface area (Å²) in [6.45, 7) is 4.55. The number of imidazole rings is 1. The van der Waals surface area contributed by atoms with Crippen LogP contribution in [0.15, 0.2) is 37.1 Å². The molecule has 1 atom stereocenters. The molecule has 2 aliphatic heterocycles. The highest BCUT2D eigenvalue weighted by Crippen LogP contribution is 2.42. The van der Waals surface area contributed by atoms with E-state index in [1.807, 2.05) is 36.6 Å². The molecule has 0 unspecified atom stereocenters. The second-order valence-electron chi connectivity index (χ2n) is 7.74. The zero-order valence-electron chi connectivity index (χ0n) is 15.5. The van der Waals surface area contributed by atoms with Gasteiger partial charge in [0.25, 0.3) is 0 Å². The van der Waals surface area contributed by atoms with E-state index in [2.05, 4.69) is 19.4 Å². The van der Waals surface area contributed by atoms with Crippen LogP contribution in [0.4, 0.5) is 0 Å². The van der Waals surface area contributed by atoms with Crippen LogP contribution < -0.4 is 0 Å². The Morgan fingerprint density at radius 3 is 2.62 bits per heavy atom. The zero-order chi connectivity index (χ0) is 18.0. The smallest absolute Gasteiger partial charge is 0.229 e. The molecular weight excluding hydrogens is 326 g/mol. The first kappa shape index (κ1) is 17.2. The number of carbonyl (C=O) groups is 1. The Hall–Kier alpha value is -2.21. The van der Waals surface area contributed by atoms with Crippen molar-refractivity contribution in [1.29, 1.82) is 0 Å². The molecule has 0 radical (unpaired) electrons. The van der Waals surface area contributed by atoms with E-state index >= 15 is 0 Å². The average Bonchev–Trinajstić information content (AvgIpc) is 3.10. The SMILES string of the molecule is Cn1cncc1CN1CCC[C@@]2(CC1)CCN(Cc1ccncc1)C2=O. The van der Waals surface area contributed by atoms with Crippen LogP contribution in [0.25, 0.3) is 0 Å². The largest absolute Gasteiger partial charge is 0.338 e. The number of aryl methyl sites for hydroxylation is 1. The molecule has 4 rings (SSSR count). The van der Waals surface area contributed by atoms with Gasteiger partial charge < -0.3 is 9.47 Å². The molecule has 2 aliphatic rings. The van der Waals surface area contributed by atoms with Crippen LogP contribution in [0.3, 0.4) is 0 Å². The van der Waals surface area contributed by atoms with Gasteiger partial charge in [-0.05, 0) is 56.5 Å². The van der Waals surface area contributed by atoms with Crippen molar-refractivity contribution in [2.75, 3.05) is 19.6 Å². The molecule has 0 bridgehead atoms. The fourth-order valence-electron chi connectivity index (χ4n) is 4.39. The third-order valence-corrected chi connectivity index (χ3v) is 6.06. The molecule has 4 heterocycles. The predicted octanol–water partition coefficient (Wildman–Crippen LogP) is 2.22. The summed E-state index contributed by atoms with van der Waals surface area (Å²) < 4.78 is 2.08. The van der Waals surface area contributed by atoms with Crippen molar-refractivity contribution >= 4 is 5.91 Å². The van der Waals surface area contributed by atoms with Crippen LogP contribution in [-0.2, 0) is 24.9 Å². The minimum Gasteiger partial charge on any atom is -0.338 e. The van der Waals surface area contributed by atoms with Crippen LogP contribution in [0.1, 0.15) is 36.9 Å². The Morgan fingerprint density at radius 1 is 1.04 bits per heavy atom. The topological polar surface area (TPSA) is 54.3 Å². The molecule has 0 saturated carbocycles. The molecule has 2 saturated heterocycles. The minimum absolute atomic E-state index is 0.145. The standard InChI is InChI=1S/C20H27N5O/c1-23-16-22-13-18(23)15-24-10-2-5-20(6-11-24)7-12-25(19(20)26)14-17-3-8-21-9-4-17/h3-4,8-9,13,16H,2,5-7,10-12,14-15H2,1H3/t20-/m1/s1. The van der Waals surface area contributed by atoms with Crippen LogP contribution >= 0.6 is 0 Å². The zero-order valence-corrected chi connectivity index (χ0v) is 15.5. The Balaban J connectivity index is 1.40. The molecule has 1 amide bonds. The molecule has 1 spiro atoms. The normalized spacial score (nSPS) is 24.3. The molecule has 2 aromatic heterocycles. The van der Waals surface area contributed by atoms with E-state index in [-0.39, 0.29) is 5.41 Å². The fraction of sp³-hybridized carbons (Fsp3) is 0.550. The van der Waals surface area contributed by atoms with Crippen molar-refractivity contribution in [2.24, 2.45) is 12.5 Å². The number of aromatic nitrogens is 3. The second-order valence-corrected chi connectivity index (χ2v) is 7.74. The summed E-state index contributed by atoms with van der Waals surface area (Å²) in [7, 11) is 2.04. The Morgan fingerprint density at radius 2 is 1.85 bits per heavy atom. The van der Waals surface area contributed by atoms with Gasteiger partial charge in [-0.15, -0.1) is 0 Å². The first-order valence-electron chi connectivity index (χ1n) is 9.52. The molecule has 0 aliphatic carbocycles. The first-order valence-corrected chi connectivity index (χ1v) is 9.52. The molecule has 6 nitrogen and oxygen atoms in total. The Bertz CT molecular complexity index is 759. The fourth-order valence-corrected chi connectivity index (χ4v) is 4.39. The highest BCUT2D eigenvalue weighted by molar-refractivity contribution is 5.84. The maximum Gasteiger partial charge on any atom is 0.229 e. The lowest BCUT2D eigenvalue weighted by atomic mass is 9.79. The highest BCUT2D eigenvalue weighted by atomic mass is 16.2. The van der Waals surface area contributed by atoms with Gasteiger partial charge in [0, 0.05) is 45.3 Å². The van der Waals surface area contributed by atoms with Crippen molar-refractivity contribution in [2.45, 2.75) is 38.8 Å². The summed E-state index contributed by atoms with van der Waals surface area (Å²) in [5.74, 6) is 0.358. The summed E-state index contributed by atoms with van der Waals surface area (Å²) in [6.07, 6.45) is 11.5. The van der Waals surface area contributed by atoms with Crippen molar-refractivity contribution in [3.63, 3.8) is 0 Å². The molecule has 2 aromatic rings. The van der Waals surface area contributed by atoms with E-state index in [0.29, 0.717) is 12.5 Å². The van der Waals surface area contributed by atoms with Gasteiger partial charge in [0.2, 0.25) is 5.91 Å². The third kappa shape index (κ3) is 3.38. The number of pyridine rings is 1. The van der Waals surface area contributed by atoms with Crippen LogP contribution in [0, 0.1) is 5.41 Å². The van der Waals surface area contributed by atoms with E-state index in [1.54, 1.807) is 12.4 Å². The maximum absolute atomic E-state index is 13.2. The van der Waals surface area contributed by atoms with Gasteiger partial charge in [0.1, 0.15) is 0 Å². The van der Waals surface area contributed by atoms with Gasteiger partial charge in [-0.25, -0.2) is 4.98 Å².